The number of carbonyl (C=O) groups is 1. The van der Waals surface area contributed by atoms with E-state index in [1.807, 2.05) is 4.90 Å². The van der Waals surface area contributed by atoms with Gasteiger partial charge in [0.25, 0.3) is 0 Å². The first-order valence-electron chi connectivity index (χ1n) is 8.66. The maximum Gasteiger partial charge on any atom is 0.401 e. The molecule has 1 unspecified atom stereocenters. The predicted molar refractivity (Wildman–Crippen MR) is 88.2 cm³/mol. The average Bonchev–Trinajstić information content (AvgIpc) is 2.94. The number of rotatable bonds is 2. The van der Waals surface area contributed by atoms with Crippen LogP contribution in [0.1, 0.15) is 32.1 Å². The van der Waals surface area contributed by atoms with E-state index in [2.05, 4.69) is 5.32 Å². The first kappa shape index (κ1) is 19.8. The predicted octanol–water partition coefficient (Wildman–Crippen LogP) is 2.28. The molecule has 1 spiro atoms. The zero-order chi connectivity index (χ0) is 16.5. The van der Waals surface area contributed by atoms with Gasteiger partial charge >= 0.3 is 6.18 Å². The summed E-state index contributed by atoms with van der Waals surface area (Å²) in [5.41, 5.74) is 0.353. The fourth-order valence-corrected chi connectivity index (χ4v) is 4.34. The van der Waals surface area contributed by atoms with E-state index in [1.54, 1.807) is 0 Å². The topological polar surface area (TPSA) is 35.6 Å². The second-order valence-corrected chi connectivity index (χ2v) is 7.44. The first-order valence-corrected chi connectivity index (χ1v) is 8.66. The van der Waals surface area contributed by atoms with Crippen molar-refractivity contribution >= 4 is 18.3 Å². The van der Waals surface area contributed by atoms with E-state index in [4.69, 9.17) is 0 Å². The summed E-state index contributed by atoms with van der Waals surface area (Å²) >= 11 is 0. The molecule has 0 aliphatic carbocycles. The quantitative estimate of drug-likeness (QED) is 0.811. The minimum atomic E-state index is -4.18. The summed E-state index contributed by atoms with van der Waals surface area (Å²) in [7, 11) is 0. The summed E-state index contributed by atoms with van der Waals surface area (Å²) in [6.45, 7) is 3.42. The maximum atomic E-state index is 12.7. The molecule has 8 heteroatoms. The number of nitrogens with zero attached hydrogens (tertiary/aromatic N) is 2. The van der Waals surface area contributed by atoms with Gasteiger partial charge in [-0.25, -0.2) is 0 Å². The van der Waals surface area contributed by atoms with Gasteiger partial charge in [-0.3, -0.25) is 9.69 Å². The van der Waals surface area contributed by atoms with Crippen molar-refractivity contribution in [3.05, 3.63) is 0 Å². The van der Waals surface area contributed by atoms with Crippen LogP contribution >= 0.6 is 12.4 Å². The van der Waals surface area contributed by atoms with Crippen LogP contribution in [-0.2, 0) is 4.79 Å². The maximum absolute atomic E-state index is 12.7. The van der Waals surface area contributed by atoms with E-state index >= 15 is 0 Å². The third-order valence-corrected chi connectivity index (χ3v) is 5.73. The van der Waals surface area contributed by atoms with E-state index < -0.39 is 12.7 Å². The highest BCUT2D eigenvalue weighted by atomic mass is 35.5. The van der Waals surface area contributed by atoms with Crippen LogP contribution in [0, 0.1) is 11.3 Å². The van der Waals surface area contributed by atoms with E-state index in [1.165, 1.54) is 11.3 Å². The summed E-state index contributed by atoms with van der Waals surface area (Å²) in [6, 6.07) is 0. The fraction of sp³-hybridized carbons (Fsp3) is 0.938. The van der Waals surface area contributed by atoms with Crippen molar-refractivity contribution in [3.63, 3.8) is 0 Å². The Kier molecular flexibility index (Phi) is 6.42. The van der Waals surface area contributed by atoms with Crippen molar-refractivity contribution in [2.45, 2.75) is 38.3 Å². The average molecular weight is 370 g/mol. The van der Waals surface area contributed by atoms with Crippen molar-refractivity contribution in [1.82, 2.24) is 15.1 Å². The lowest BCUT2D eigenvalue weighted by molar-refractivity contribution is -0.155. The van der Waals surface area contributed by atoms with Crippen LogP contribution < -0.4 is 5.32 Å². The number of nitrogens with one attached hydrogen (secondary N) is 1. The smallest absolute Gasteiger partial charge is 0.342 e. The second kappa shape index (κ2) is 7.79. The van der Waals surface area contributed by atoms with Gasteiger partial charge in [0.15, 0.2) is 0 Å². The van der Waals surface area contributed by atoms with Crippen molar-refractivity contribution in [2.24, 2.45) is 11.3 Å². The van der Waals surface area contributed by atoms with E-state index in [0.29, 0.717) is 18.4 Å². The van der Waals surface area contributed by atoms with Crippen LogP contribution in [0.15, 0.2) is 0 Å². The van der Waals surface area contributed by atoms with Crippen molar-refractivity contribution in [2.75, 3.05) is 45.8 Å². The van der Waals surface area contributed by atoms with Gasteiger partial charge in [0.2, 0.25) is 5.91 Å². The van der Waals surface area contributed by atoms with Crippen LogP contribution in [0.3, 0.4) is 0 Å². The molecule has 4 nitrogen and oxygen atoms in total. The minimum Gasteiger partial charge on any atom is -0.342 e. The standard InChI is InChI=1S/C16H26F3N3O.ClH/c17-16(18,19)12-21-7-1-2-13(10-21)14(23)22-8-4-15(5-9-22)3-6-20-11-15;/h13,20H,1-12H2;1H. The van der Waals surface area contributed by atoms with Crippen molar-refractivity contribution in [1.29, 1.82) is 0 Å². The molecular formula is C16H27ClF3N3O. The van der Waals surface area contributed by atoms with Crippen LogP contribution in [0.5, 0.6) is 0 Å². The van der Waals surface area contributed by atoms with Crippen molar-refractivity contribution < 1.29 is 18.0 Å². The monoisotopic (exact) mass is 369 g/mol. The van der Waals surface area contributed by atoms with Gasteiger partial charge in [0.1, 0.15) is 0 Å². The molecule has 0 aromatic carbocycles. The Morgan fingerprint density at radius 2 is 1.88 bits per heavy atom. The number of piperidine rings is 2. The Labute approximate surface area is 147 Å². The zero-order valence-corrected chi connectivity index (χ0v) is 14.7. The van der Waals surface area contributed by atoms with Crippen LogP contribution in [0.4, 0.5) is 13.2 Å². The number of likely N-dealkylation sites (tertiary alicyclic amines) is 2. The lowest BCUT2D eigenvalue weighted by atomic mass is 9.77. The molecule has 140 valence electrons. The van der Waals surface area contributed by atoms with Crippen LogP contribution in [-0.4, -0.2) is 67.7 Å². The number of hydrogen-bond acceptors (Lipinski definition) is 3. The zero-order valence-electron chi connectivity index (χ0n) is 13.9. The number of hydrogen-bond donors (Lipinski definition) is 1. The summed E-state index contributed by atoms with van der Waals surface area (Å²) in [5, 5.41) is 3.40. The molecule has 3 aliphatic heterocycles. The van der Waals surface area contributed by atoms with Gasteiger partial charge in [-0.1, -0.05) is 0 Å². The first-order chi connectivity index (χ1) is 10.9. The molecular weight excluding hydrogens is 343 g/mol. The SMILES string of the molecule is Cl.O=C(C1CCCN(CC(F)(F)F)C1)N1CCC2(CCNC2)CC1. The van der Waals surface area contributed by atoms with Crippen LogP contribution in [0.2, 0.25) is 0 Å². The Morgan fingerprint density at radius 3 is 2.46 bits per heavy atom. The molecule has 0 bridgehead atoms. The molecule has 3 aliphatic rings. The molecule has 0 radical (unpaired) electrons. The third-order valence-electron chi connectivity index (χ3n) is 5.73. The minimum absolute atomic E-state index is 0. The summed E-state index contributed by atoms with van der Waals surface area (Å²) in [4.78, 5) is 16.0. The van der Waals surface area contributed by atoms with E-state index in [-0.39, 0.29) is 30.8 Å². The fourth-order valence-electron chi connectivity index (χ4n) is 4.34. The molecule has 1 atom stereocenters. The van der Waals surface area contributed by atoms with Gasteiger partial charge in [0, 0.05) is 26.2 Å². The number of halogens is 4. The van der Waals surface area contributed by atoms with E-state index in [9.17, 15) is 18.0 Å². The second-order valence-electron chi connectivity index (χ2n) is 7.44. The molecule has 0 saturated carbocycles. The molecule has 3 rings (SSSR count). The molecule has 1 amide bonds. The highest BCUT2D eigenvalue weighted by Crippen LogP contribution is 2.37. The summed E-state index contributed by atoms with van der Waals surface area (Å²) in [6.07, 6.45) is 0.426. The Hall–Kier alpha value is -0.530. The number of amides is 1. The molecule has 3 fully saturated rings. The summed E-state index contributed by atoms with van der Waals surface area (Å²) in [5.74, 6) is -0.195. The third kappa shape index (κ3) is 4.76. The van der Waals surface area contributed by atoms with Gasteiger partial charge in [-0.05, 0) is 50.6 Å². The number of carbonyl (C=O) groups excluding carboxylic acids is 1. The molecule has 24 heavy (non-hydrogen) atoms. The highest BCUT2D eigenvalue weighted by molar-refractivity contribution is 5.85. The normalized spacial score (nSPS) is 28.0. The Morgan fingerprint density at radius 1 is 1.17 bits per heavy atom. The highest BCUT2D eigenvalue weighted by Gasteiger charge is 2.40. The Balaban J connectivity index is 0.00000208. The molecule has 3 saturated heterocycles. The van der Waals surface area contributed by atoms with Gasteiger partial charge in [-0.15, -0.1) is 12.4 Å². The Bertz CT molecular complexity index is 431. The molecule has 1 N–H and O–H groups in total. The lowest BCUT2D eigenvalue weighted by Gasteiger charge is -2.41. The van der Waals surface area contributed by atoms with Crippen LogP contribution in [0.25, 0.3) is 0 Å². The van der Waals surface area contributed by atoms with Gasteiger partial charge < -0.3 is 10.2 Å². The van der Waals surface area contributed by atoms with Crippen molar-refractivity contribution in [3.8, 4) is 0 Å². The van der Waals surface area contributed by atoms with Gasteiger partial charge in [0.05, 0.1) is 12.5 Å². The summed E-state index contributed by atoms with van der Waals surface area (Å²) < 4.78 is 37.6. The largest absolute Gasteiger partial charge is 0.401 e. The molecule has 3 heterocycles. The lowest BCUT2D eigenvalue weighted by Crippen LogP contribution is -2.50. The van der Waals surface area contributed by atoms with E-state index in [0.717, 1.165) is 45.4 Å². The van der Waals surface area contributed by atoms with Gasteiger partial charge in [-0.2, -0.15) is 13.2 Å². The molecule has 0 aromatic heterocycles. The molecule has 0 aromatic rings. The number of alkyl halides is 3.